The van der Waals surface area contributed by atoms with Crippen molar-refractivity contribution in [3.8, 4) is 0 Å². The molecule has 0 aliphatic carbocycles. The van der Waals surface area contributed by atoms with E-state index in [1.165, 1.54) is 0 Å². The monoisotopic (exact) mass is 272 g/mol. The molecule has 19 heavy (non-hydrogen) atoms. The van der Waals surface area contributed by atoms with E-state index in [1.54, 1.807) is 7.11 Å². The Balaban J connectivity index is 4.27. The van der Waals surface area contributed by atoms with E-state index in [0.717, 1.165) is 12.8 Å². The maximum Gasteiger partial charge on any atom is 0.224 e. The highest BCUT2D eigenvalue weighted by atomic mass is 16.5. The van der Waals surface area contributed by atoms with Gasteiger partial charge in [0.1, 0.15) is 0 Å². The molecule has 0 aromatic heterocycles. The smallest absolute Gasteiger partial charge is 0.224 e. The van der Waals surface area contributed by atoms with Gasteiger partial charge in [-0.15, -0.1) is 0 Å². The van der Waals surface area contributed by atoms with Crippen molar-refractivity contribution in [2.24, 2.45) is 22.5 Å². The van der Waals surface area contributed by atoms with Crippen LogP contribution in [0.25, 0.3) is 0 Å². The van der Waals surface area contributed by atoms with Crippen molar-refractivity contribution in [1.82, 2.24) is 5.32 Å². The summed E-state index contributed by atoms with van der Waals surface area (Å²) in [4.78, 5) is 12.2. The lowest BCUT2D eigenvalue weighted by Gasteiger charge is -2.28. The zero-order valence-electron chi connectivity index (χ0n) is 13.5. The SMILES string of the molecule is COCCC(C)(C)CNC(=O)C(CN)CC(C)(C)C. The fraction of sp³-hybridized carbons (Fsp3) is 0.933. The molecule has 0 radical (unpaired) electrons. The number of ether oxygens (including phenoxy) is 1. The van der Waals surface area contributed by atoms with Crippen LogP contribution >= 0.6 is 0 Å². The van der Waals surface area contributed by atoms with E-state index in [-0.39, 0.29) is 22.7 Å². The highest BCUT2D eigenvalue weighted by Gasteiger charge is 2.25. The minimum absolute atomic E-state index is 0.0482. The van der Waals surface area contributed by atoms with Gasteiger partial charge in [-0.2, -0.15) is 0 Å². The Bertz CT molecular complexity index is 270. The van der Waals surface area contributed by atoms with E-state index in [0.29, 0.717) is 19.7 Å². The van der Waals surface area contributed by atoms with Crippen molar-refractivity contribution in [2.45, 2.75) is 47.5 Å². The Morgan fingerprint density at radius 2 is 1.84 bits per heavy atom. The Morgan fingerprint density at radius 1 is 1.26 bits per heavy atom. The van der Waals surface area contributed by atoms with Gasteiger partial charge in [-0.05, 0) is 23.7 Å². The maximum absolute atomic E-state index is 12.2. The summed E-state index contributed by atoms with van der Waals surface area (Å²) in [6.07, 6.45) is 1.74. The average Bonchev–Trinajstić information content (AvgIpc) is 2.29. The summed E-state index contributed by atoms with van der Waals surface area (Å²) in [7, 11) is 1.70. The normalized spacial score (nSPS) is 14.3. The molecule has 114 valence electrons. The standard InChI is InChI=1S/C15H32N2O2/c1-14(2,3)9-12(10-16)13(18)17-11-15(4,5)7-8-19-6/h12H,7-11,16H2,1-6H3,(H,17,18). The quantitative estimate of drug-likeness (QED) is 0.712. The summed E-state index contributed by atoms with van der Waals surface area (Å²) < 4.78 is 5.09. The molecule has 0 aromatic rings. The van der Waals surface area contributed by atoms with Gasteiger partial charge in [0.2, 0.25) is 5.91 Å². The van der Waals surface area contributed by atoms with Crippen LogP contribution in [0.2, 0.25) is 0 Å². The van der Waals surface area contributed by atoms with Gasteiger partial charge in [-0.1, -0.05) is 34.6 Å². The van der Waals surface area contributed by atoms with Gasteiger partial charge in [0.15, 0.2) is 0 Å². The van der Waals surface area contributed by atoms with E-state index in [4.69, 9.17) is 10.5 Å². The molecule has 0 bridgehead atoms. The second-order valence-corrected chi connectivity index (χ2v) is 7.32. The molecule has 0 aliphatic heterocycles. The Kier molecular flexibility index (Phi) is 7.60. The van der Waals surface area contributed by atoms with Crippen LogP contribution in [0.3, 0.4) is 0 Å². The van der Waals surface area contributed by atoms with Crippen LogP contribution in [-0.2, 0) is 9.53 Å². The average molecular weight is 272 g/mol. The van der Waals surface area contributed by atoms with Gasteiger partial charge >= 0.3 is 0 Å². The molecule has 0 saturated carbocycles. The molecule has 0 aliphatic rings. The number of nitrogens with one attached hydrogen (secondary N) is 1. The Morgan fingerprint density at radius 3 is 2.26 bits per heavy atom. The molecule has 1 unspecified atom stereocenters. The minimum atomic E-state index is -0.0989. The first-order chi connectivity index (χ1) is 8.61. The van der Waals surface area contributed by atoms with E-state index in [9.17, 15) is 4.79 Å². The van der Waals surface area contributed by atoms with Crippen LogP contribution < -0.4 is 11.1 Å². The van der Waals surface area contributed by atoms with E-state index < -0.39 is 0 Å². The first kappa shape index (κ1) is 18.4. The van der Waals surface area contributed by atoms with Crippen molar-refractivity contribution in [1.29, 1.82) is 0 Å². The number of rotatable bonds is 8. The van der Waals surface area contributed by atoms with Crippen molar-refractivity contribution in [3.05, 3.63) is 0 Å². The molecule has 0 aromatic carbocycles. The summed E-state index contributed by atoms with van der Waals surface area (Å²) in [5.74, 6) is -0.0267. The molecule has 0 rings (SSSR count). The summed E-state index contributed by atoms with van der Waals surface area (Å²) in [5, 5.41) is 3.03. The first-order valence-corrected chi connectivity index (χ1v) is 7.08. The number of methoxy groups -OCH3 is 1. The maximum atomic E-state index is 12.2. The molecule has 4 nitrogen and oxygen atoms in total. The van der Waals surface area contributed by atoms with Crippen LogP contribution in [0.1, 0.15) is 47.5 Å². The zero-order valence-corrected chi connectivity index (χ0v) is 13.5. The fourth-order valence-corrected chi connectivity index (χ4v) is 1.96. The number of hydrogen-bond donors (Lipinski definition) is 2. The van der Waals surface area contributed by atoms with Gasteiger partial charge in [0, 0.05) is 26.8 Å². The highest BCUT2D eigenvalue weighted by Crippen LogP contribution is 2.24. The van der Waals surface area contributed by atoms with Gasteiger partial charge in [-0.25, -0.2) is 0 Å². The van der Waals surface area contributed by atoms with Crippen LogP contribution in [0, 0.1) is 16.7 Å². The summed E-state index contributed by atoms with van der Waals surface area (Å²) in [5.41, 5.74) is 5.89. The molecule has 3 N–H and O–H groups in total. The minimum Gasteiger partial charge on any atom is -0.385 e. The van der Waals surface area contributed by atoms with Crippen LogP contribution in [-0.4, -0.2) is 32.7 Å². The molecular formula is C15H32N2O2. The van der Waals surface area contributed by atoms with Gasteiger partial charge < -0.3 is 15.8 Å². The van der Waals surface area contributed by atoms with Crippen molar-refractivity contribution in [2.75, 3.05) is 26.8 Å². The second-order valence-electron chi connectivity index (χ2n) is 7.32. The number of hydrogen-bond acceptors (Lipinski definition) is 3. The predicted octanol–water partition coefficient (Wildman–Crippen LogP) is 2.18. The predicted molar refractivity (Wildman–Crippen MR) is 79.9 cm³/mol. The number of carbonyl (C=O) groups excluding carboxylic acids is 1. The summed E-state index contributed by atoms with van der Waals surface area (Å²) in [6, 6.07) is 0. The van der Waals surface area contributed by atoms with Crippen LogP contribution in [0.15, 0.2) is 0 Å². The summed E-state index contributed by atoms with van der Waals surface area (Å²) in [6.45, 7) is 12.4. The largest absolute Gasteiger partial charge is 0.385 e. The highest BCUT2D eigenvalue weighted by molar-refractivity contribution is 5.78. The Hall–Kier alpha value is -0.610. The molecular weight excluding hydrogens is 240 g/mol. The third-order valence-electron chi connectivity index (χ3n) is 3.24. The van der Waals surface area contributed by atoms with Crippen LogP contribution in [0.4, 0.5) is 0 Å². The van der Waals surface area contributed by atoms with E-state index in [2.05, 4.69) is 39.9 Å². The van der Waals surface area contributed by atoms with Crippen molar-refractivity contribution < 1.29 is 9.53 Å². The van der Waals surface area contributed by atoms with Gasteiger partial charge in [0.25, 0.3) is 0 Å². The second kappa shape index (κ2) is 7.85. The lowest BCUT2D eigenvalue weighted by molar-refractivity contribution is -0.126. The fourth-order valence-electron chi connectivity index (χ4n) is 1.96. The van der Waals surface area contributed by atoms with Crippen LogP contribution in [0.5, 0.6) is 0 Å². The summed E-state index contributed by atoms with van der Waals surface area (Å²) >= 11 is 0. The van der Waals surface area contributed by atoms with Gasteiger partial charge in [0.05, 0.1) is 5.92 Å². The lowest BCUT2D eigenvalue weighted by atomic mass is 9.84. The molecule has 0 spiro atoms. The first-order valence-electron chi connectivity index (χ1n) is 7.08. The Labute approximate surface area is 118 Å². The lowest BCUT2D eigenvalue weighted by Crippen LogP contribution is -2.41. The topological polar surface area (TPSA) is 64.3 Å². The molecule has 0 heterocycles. The molecule has 4 heteroatoms. The van der Waals surface area contributed by atoms with E-state index in [1.807, 2.05) is 0 Å². The third kappa shape index (κ3) is 9.00. The zero-order chi connectivity index (χ0) is 15.1. The third-order valence-corrected chi connectivity index (χ3v) is 3.24. The molecule has 1 amide bonds. The van der Waals surface area contributed by atoms with E-state index >= 15 is 0 Å². The molecule has 1 atom stereocenters. The van der Waals surface area contributed by atoms with Gasteiger partial charge in [-0.3, -0.25) is 4.79 Å². The number of nitrogens with two attached hydrogens (primary N) is 1. The number of amides is 1. The molecule has 0 fully saturated rings. The van der Waals surface area contributed by atoms with Crippen molar-refractivity contribution >= 4 is 5.91 Å². The van der Waals surface area contributed by atoms with Crippen molar-refractivity contribution in [3.63, 3.8) is 0 Å². The number of carbonyl (C=O) groups is 1. The molecule has 0 saturated heterocycles.